The van der Waals surface area contributed by atoms with Crippen molar-refractivity contribution in [1.82, 2.24) is 0 Å². The normalized spacial score (nSPS) is 12.7. The fourth-order valence-electron chi connectivity index (χ4n) is 2.63. The van der Waals surface area contributed by atoms with Gasteiger partial charge in [0.2, 0.25) is 6.79 Å². The van der Waals surface area contributed by atoms with Crippen LogP contribution in [0.2, 0.25) is 0 Å². The second-order valence-corrected chi connectivity index (χ2v) is 5.65. The lowest BCUT2D eigenvalue weighted by Gasteiger charge is -2.07. The summed E-state index contributed by atoms with van der Waals surface area (Å²) in [5.41, 5.74) is 2.15. The molecule has 3 rings (SSSR count). The van der Waals surface area contributed by atoms with Crippen molar-refractivity contribution in [2.24, 2.45) is 0 Å². The highest BCUT2D eigenvalue weighted by atomic mass is 16.7. The molecule has 0 radical (unpaired) electrons. The number of phenolic OH excluding ortho intramolecular Hbond substituents is 1. The molecular weight excluding hydrogens is 348 g/mol. The molecule has 0 aliphatic carbocycles. The fraction of sp³-hybridized carbons (Fsp3) is 0.190. The van der Waals surface area contributed by atoms with Gasteiger partial charge in [-0.3, -0.25) is 0 Å². The van der Waals surface area contributed by atoms with E-state index in [1.165, 1.54) is 13.2 Å². The van der Waals surface area contributed by atoms with E-state index in [1.54, 1.807) is 43.3 Å². The molecule has 2 aromatic rings. The number of hydrogen-bond acceptors (Lipinski definition) is 6. The van der Waals surface area contributed by atoms with Crippen molar-refractivity contribution in [3.8, 4) is 23.0 Å². The minimum Gasteiger partial charge on any atom is -0.504 e. The predicted molar refractivity (Wildman–Crippen MR) is 102 cm³/mol. The maximum atomic E-state index is 11.6. The molecular formula is C21H20O6. The van der Waals surface area contributed by atoms with Gasteiger partial charge in [-0.1, -0.05) is 24.3 Å². The smallest absolute Gasteiger partial charge is 0.330 e. The Balaban J connectivity index is 1.95. The van der Waals surface area contributed by atoms with Gasteiger partial charge in [0, 0.05) is 11.6 Å². The van der Waals surface area contributed by atoms with Crippen molar-refractivity contribution in [1.29, 1.82) is 0 Å². The molecule has 6 nitrogen and oxygen atoms in total. The first-order chi connectivity index (χ1) is 13.1. The second-order valence-electron chi connectivity index (χ2n) is 5.65. The number of benzene rings is 2. The van der Waals surface area contributed by atoms with Gasteiger partial charge in [0.15, 0.2) is 23.0 Å². The first-order valence-electron chi connectivity index (χ1n) is 8.45. The number of hydrogen-bond donors (Lipinski definition) is 1. The topological polar surface area (TPSA) is 74.2 Å². The third-order valence-corrected chi connectivity index (χ3v) is 3.96. The number of esters is 1. The Bertz CT molecular complexity index is 898. The third-order valence-electron chi connectivity index (χ3n) is 3.96. The van der Waals surface area contributed by atoms with Crippen molar-refractivity contribution < 1.29 is 28.8 Å². The lowest BCUT2D eigenvalue weighted by molar-refractivity contribution is -0.137. The summed E-state index contributed by atoms with van der Waals surface area (Å²) in [5, 5.41) is 10.2. The molecule has 1 aliphatic rings. The second kappa shape index (κ2) is 8.31. The van der Waals surface area contributed by atoms with Crippen LogP contribution in [0.5, 0.6) is 23.0 Å². The molecule has 27 heavy (non-hydrogen) atoms. The number of aromatic hydroxyl groups is 1. The molecule has 0 atom stereocenters. The van der Waals surface area contributed by atoms with Crippen LogP contribution < -0.4 is 14.2 Å². The number of carbonyl (C=O) groups is 1. The molecule has 0 amide bonds. The monoisotopic (exact) mass is 368 g/mol. The van der Waals surface area contributed by atoms with E-state index in [0.29, 0.717) is 29.4 Å². The Labute approximate surface area is 157 Å². The number of para-hydroxylation sites is 1. The zero-order valence-corrected chi connectivity index (χ0v) is 15.1. The van der Waals surface area contributed by atoms with Crippen molar-refractivity contribution in [3.05, 3.63) is 53.1 Å². The Morgan fingerprint density at radius 3 is 2.44 bits per heavy atom. The van der Waals surface area contributed by atoms with Gasteiger partial charge in [-0.2, -0.15) is 0 Å². The summed E-state index contributed by atoms with van der Waals surface area (Å²) in [6.45, 7) is 2.22. The van der Waals surface area contributed by atoms with Gasteiger partial charge in [-0.05, 0) is 42.3 Å². The predicted octanol–water partition coefficient (Wildman–Crippen LogP) is 3.88. The lowest BCUT2D eigenvalue weighted by atomic mass is 10.0. The van der Waals surface area contributed by atoms with E-state index in [1.807, 2.05) is 12.1 Å². The van der Waals surface area contributed by atoms with Crippen LogP contribution in [0.1, 0.15) is 23.6 Å². The average Bonchev–Trinajstić information content (AvgIpc) is 3.12. The van der Waals surface area contributed by atoms with Crippen molar-refractivity contribution in [3.63, 3.8) is 0 Å². The van der Waals surface area contributed by atoms with Gasteiger partial charge in [-0.15, -0.1) is 0 Å². The van der Waals surface area contributed by atoms with Crippen LogP contribution >= 0.6 is 0 Å². The highest BCUT2D eigenvalue weighted by Crippen LogP contribution is 2.37. The van der Waals surface area contributed by atoms with Gasteiger partial charge in [0.05, 0.1) is 13.7 Å². The highest BCUT2D eigenvalue weighted by molar-refractivity contribution is 5.89. The minimum absolute atomic E-state index is 0.0561. The summed E-state index contributed by atoms with van der Waals surface area (Å²) >= 11 is 0. The molecule has 0 spiro atoms. The van der Waals surface area contributed by atoms with E-state index in [2.05, 4.69) is 0 Å². The molecule has 0 fully saturated rings. The van der Waals surface area contributed by atoms with Gasteiger partial charge in [0.25, 0.3) is 0 Å². The summed E-state index contributed by atoms with van der Waals surface area (Å²) < 4.78 is 20.9. The van der Waals surface area contributed by atoms with E-state index in [-0.39, 0.29) is 12.5 Å². The minimum atomic E-state index is -0.421. The van der Waals surface area contributed by atoms with Gasteiger partial charge in [-0.25, -0.2) is 4.79 Å². The van der Waals surface area contributed by atoms with E-state index in [9.17, 15) is 9.90 Å². The number of ether oxygens (including phenoxy) is 4. The summed E-state index contributed by atoms with van der Waals surface area (Å²) in [7, 11) is 1.50. The molecule has 1 N–H and O–H groups in total. The molecule has 0 saturated carbocycles. The molecule has 0 bridgehead atoms. The first-order valence-corrected chi connectivity index (χ1v) is 8.45. The summed E-state index contributed by atoms with van der Waals surface area (Å²) in [6, 6.07) is 8.86. The van der Waals surface area contributed by atoms with Crippen LogP contribution in [-0.4, -0.2) is 31.6 Å². The number of fused-ring (bicyclic) bond motifs is 1. The zero-order valence-electron chi connectivity index (χ0n) is 15.1. The summed E-state index contributed by atoms with van der Waals surface area (Å²) in [5.74, 6) is 1.26. The van der Waals surface area contributed by atoms with Crippen molar-refractivity contribution in [2.45, 2.75) is 6.92 Å². The number of rotatable bonds is 6. The van der Waals surface area contributed by atoms with E-state index in [4.69, 9.17) is 18.9 Å². The first kappa shape index (κ1) is 18.4. The highest BCUT2D eigenvalue weighted by Gasteiger charge is 2.15. The van der Waals surface area contributed by atoms with Crippen LogP contribution in [0.15, 0.2) is 36.4 Å². The van der Waals surface area contributed by atoms with Gasteiger partial charge in [0.1, 0.15) is 0 Å². The van der Waals surface area contributed by atoms with Crippen LogP contribution in [-0.2, 0) is 9.53 Å². The largest absolute Gasteiger partial charge is 0.504 e. The maximum absolute atomic E-state index is 11.6. The number of phenols is 1. The van der Waals surface area contributed by atoms with Crippen molar-refractivity contribution >= 4 is 24.2 Å². The number of carbonyl (C=O) groups excluding carboxylic acids is 1. The van der Waals surface area contributed by atoms with E-state index < -0.39 is 5.97 Å². The molecule has 0 aromatic heterocycles. The Morgan fingerprint density at radius 2 is 1.78 bits per heavy atom. The van der Waals surface area contributed by atoms with E-state index >= 15 is 0 Å². The van der Waals surface area contributed by atoms with Crippen molar-refractivity contribution in [2.75, 3.05) is 20.5 Å². The number of methoxy groups -OCH3 is 1. The Kier molecular flexibility index (Phi) is 5.66. The summed E-state index contributed by atoms with van der Waals surface area (Å²) in [6.07, 6.45) is 6.60. The van der Waals surface area contributed by atoms with Crippen LogP contribution in [0.3, 0.4) is 0 Å². The van der Waals surface area contributed by atoms with Gasteiger partial charge < -0.3 is 24.1 Å². The third kappa shape index (κ3) is 4.23. The lowest BCUT2D eigenvalue weighted by Crippen LogP contribution is -1.98. The molecule has 140 valence electrons. The van der Waals surface area contributed by atoms with Gasteiger partial charge >= 0.3 is 5.97 Å². The molecule has 6 heteroatoms. The summed E-state index contributed by atoms with van der Waals surface area (Å²) in [4.78, 5) is 11.6. The molecule has 2 aromatic carbocycles. The molecule has 0 unspecified atom stereocenters. The quantitative estimate of drug-likeness (QED) is 0.474. The Morgan fingerprint density at radius 1 is 1.11 bits per heavy atom. The van der Waals surface area contributed by atoms with Crippen LogP contribution in [0.25, 0.3) is 18.2 Å². The Hall–Kier alpha value is -3.41. The maximum Gasteiger partial charge on any atom is 0.330 e. The van der Waals surface area contributed by atoms with Crippen LogP contribution in [0, 0.1) is 0 Å². The SMILES string of the molecule is CCOC(=O)/C=C/c1cc2c(cc1/C=C/c1cccc(OC)c1O)OCO2. The fourth-order valence-corrected chi connectivity index (χ4v) is 2.63. The zero-order chi connectivity index (χ0) is 19.2. The van der Waals surface area contributed by atoms with Crippen LogP contribution in [0.4, 0.5) is 0 Å². The molecule has 0 saturated heterocycles. The average molecular weight is 368 g/mol. The standard InChI is InChI=1S/C21H20O6/c1-3-25-20(22)10-9-16-12-19-18(26-13-27-19)11-15(16)8-7-14-5-4-6-17(24-2)21(14)23/h4-12,23H,3,13H2,1-2H3/b8-7+,10-9+. The van der Waals surface area contributed by atoms with E-state index in [0.717, 1.165) is 11.1 Å². The molecule has 1 aliphatic heterocycles. The molecule has 1 heterocycles.